The minimum absolute atomic E-state index is 0.116. The highest BCUT2D eigenvalue weighted by Crippen LogP contribution is 2.42. The van der Waals surface area contributed by atoms with Gasteiger partial charge in [0.05, 0.1) is 20.0 Å². The van der Waals surface area contributed by atoms with E-state index in [0.29, 0.717) is 23.3 Å². The molecule has 0 aromatic heterocycles. The van der Waals surface area contributed by atoms with Crippen molar-refractivity contribution in [2.45, 2.75) is 39.7 Å². The molecule has 0 amide bonds. The summed E-state index contributed by atoms with van der Waals surface area (Å²) in [5, 5.41) is 10.6. The van der Waals surface area contributed by atoms with Gasteiger partial charge in [0.2, 0.25) is 0 Å². The molecule has 0 spiro atoms. The maximum Gasteiger partial charge on any atom is 0.342 e. The molecule has 2 aliphatic heterocycles. The molecule has 7 heteroatoms. The van der Waals surface area contributed by atoms with Gasteiger partial charge >= 0.3 is 17.9 Å². The number of carbonyl (C=O) groups excluding carboxylic acids is 3. The van der Waals surface area contributed by atoms with E-state index >= 15 is 0 Å². The number of aromatic hydroxyl groups is 1. The number of benzene rings is 1. The lowest BCUT2D eigenvalue weighted by Gasteiger charge is -2.21. The maximum atomic E-state index is 11.9. The number of carbonyl (C=O) groups is 3. The zero-order chi connectivity index (χ0) is 19.0. The SMILES string of the molecule is COc1c(C)c2c(c(O)c1C/C=C(\C)C1CC(=O)OC(=O)C1)C(=O)OC2. The molecule has 1 aromatic rings. The Labute approximate surface area is 150 Å². The Morgan fingerprint density at radius 1 is 1.27 bits per heavy atom. The Morgan fingerprint density at radius 2 is 1.92 bits per heavy atom. The first-order valence-electron chi connectivity index (χ1n) is 8.32. The van der Waals surface area contributed by atoms with E-state index in [0.717, 1.165) is 11.1 Å². The van der Waals surface area contributed by atoms with Crippen molar-refractivity contribution in [2.75, 3.05) is 7.11 Å². The van der Waals surface area contributed by atoms with Gasteiger partial charge in [-0.1, -0.05) is 11.6 Å². The predicted molar refractivity (Wildman–Crippen MR) is 89.8 cm³/mol. The Bertz CT molecular complexity index is 819. The number of cyclic esters (lactones) is 3. The molecule has 1 saturated heterocycles. The average Bonchev–Trinajstić information content (AvgIpc) is 2.97. The van der Waals surface area contributed by atoms with Gasteiger partial charge in [-0.3, -0.25) is 9.59 Å². The van der Waals surface area contributed by atoms with Crippen molar-refractivity contribution in [1.29, 1.82) is 0 Å². The molecular formula is C19H20O7. The van der Waals surface area contributed by atoms with Gasteiger partial charge in [-0.25, -0.2) is 4.79 Å². The second-order valence-electron chi connectivity index (χ2n) is 6.52. The maximum absolute atomic E-state index is 11.9. The van der Waals surface area contributed by atoms with E-state index in [-0.39, 0.29) is 36.7 Å². The van der Waals surface area contributed by atoms with Crippen LogP contribution in [0.3, 0.4) is 0 Å². The van der Waals surface area contributed by atoms with Crippen LogP contribution in [0, 0.1) is 12.8 Å². The summed E-state index contributed by atoms with van der Waals surface area (Å²) in [6.45, 7) is 3.76. The summed E-state index contributed by atoms with van der Waals surface area (Å²) in [5.74, 6) is -1.48. The summed E-state index contributed by atoms with van der Waals surface area (Å²) < 4.78 is 15.0. The van der Waals surface area contributed by atoms with Crippen LogP contribution in [-0.4, -0.2) is 30.1 Å². The van der Waals surface area contributed by atoms with E-state index in [1.807, 2.05) is 19.9 Å². The average molecular weight is 360 g/mol. The zero-order valence-corrected chi connectivity index (χ0v) is 14.9. The predicted octanol–water partition coefficient (Wildman–Crippen LogP) is 2.35. The van der Waals surface area contributed by atoms with Gasteiger partial charge in [0.25, 0.3) is 0 Å². The summed E-state index contributed by atoms with van der Waals surface area (Å²) in [6.07, 6.45) is 2.42. The fourth-order valence-electron chi connectivity index (χ4n) is 3.46. The molecular weight excluding hydrogens is 340 g/mol. The molecule has 0 aliphatic carbocycles. The Kier molecular flexibility index (Phi) is 4.71. The minimum Gasteiger partial charge on any atom is -0.507 e. The van der Waals surface area contributed by atoms with E-state index in [1.54, 1.807) is 0 Å². The standard InChI is InChI=1S/C19H20O7/c1-9(11-6-14(20)26-15(21)7-11)4-5-12-17(22)16-13(8-25-19(16)23)10(2)18(12)24-3/h4,11,22H,5-8H2,1-3H3/b9-4+. The highest BCUT2D eigenvalue weighted by atomic mass is 16.6. The second kappa shape index (κ2) is 6.82. The van der Waals surface area contributed by atoms with Crippen molar-refractivity contribution in [3.05, 3.63) is 33.9 Å². The lowest BCUT2D eigenvalue weighted by molar-refractivity contribution is -0.164. The molecule has 0 atom stereocenters. The van der Waals surface area contributed by atoms with Gasteiger partial charge in [0.1, 0.15) is 23.7 Å². The van der Waals surface area contributed by atoms with Crippen LogP contribution in [0.15, 0.2) is 11.6 Å². The zero-order valence-electron chi connectivity index (χ0n) is 14.9. The quantitative estimate of drug-likeness (QED) is 0.500. The largest absolute Gasteiger partial charge is 0.507 e. The number of hydrogen-bond acceptors (Lipinski definition) is 7. The third-order valence-electron chi connectivity index (χ3n) is 4.97. The Hall–Kier alpha value is -2.83. The van der Waals surface area contributed by atoms with Crippen molar-refractivity contribution < 1.29 is 33.7 Å². The number of fused-ring (bicyclic) bond motifs is 1. The summed E-state index contributed by atoms with van der Waals surface area (Å²) in [6, 6.07) is 0. The van der Waals surface area contributed by atoms with Crippen molar-refractivity contribution >= 4 is 17.9 Å². The van der Waals surface area contributed by atoms with Gasteiger partial charge in [0.15, 0.2) is 0 Å². The molecule has 3 rings (SSSR count). The number of allylic oxidation sites excluding steroid dienone is 2. The molecule has 0 radical (unpaired) electrons. The van der Waals surface area contributed by atoms with Gasteiger partial charge in [-0.2, -0.15) is 0 Å². The Morgan fingerprint density at radius 3 is 2.54 bits per heavy atom. The molecule has 2 aliphatic rings. The third kappa shape index (κ3) is 3.05. The number of rotatable bonds is 4. The molecule has 2 heterocycles. The van der Waals surface area contributed by atoms with Gasteiger partial charge in [-0.05, 0) is 25.8 Å². The molecule has 0 saturated carbocycles. The number of hydrogen-bond donors (Lipinski definition) is 1. The molecule has 1 fully saturated rings. The summed E-state index contributed by atoms with van der Waals surface area (Å²) in [4.78, 5) is 34.8. The van der Waals surface area contributed by atoms with E-state index in [1.165, 1.54) is 7.11 Å². The second-order valence-corrected chi connectivity index (χ2v) is 6.52. The van der Waals surface area contributed by atoms with Crippen LogP contribution >= 0.6 is 0 Å². The van der Waals surface area contributed by atoms with Crippen LogP contribution in [-0.2, 0) is 32.1 Å². The molecule has 7 nitrogen and oxygen atoms in total. The van der Waals surface area contributed by atoms with Crippen molar-refractivity contribution in [3.63, 3.8) is 0 Å². The number of esters is 3. The lowest BCUT2D eigenvalue weighted by Crippen LogP contribution is -2.26. The first kappa shape index (κ1) is 18.0. The number of methoxy groups -OCH3 is 1. The molecule has 1 aromatic carbocycles. The molecule has 0 bridgehead atoms. The van der Waals surface area contributed by atoms with Crippen molar-refractivity contribution in [2.24, 2.45) is 5.92 Å². The first-order valence-corrected chi connectivity index (χ1v) is 8.32. The highest BCUT2D eigenvalue weighted by Gasteiger charge is 2.32. The summed E-state index contributed by atoms with van der Waals surface area (Å²) in [7, 11) is 1.50. The molecule has 0 unspecified atom stereocenters. The fraction of sp³-hybridized carbons (Fsp3) is 0.421. The van der Waals surface area contributed by atoms with Crippen molar-refractivity contribution in [3.8, 4) is 11.5 Å². The van der Waals surface area contributed by atoms with E-state index < -0.39 is 17.9 Å². The molecule has 138 valence electrons. The molecule has 26 heavy (non-hydrogen) atoms. The molecule has 1 N–H and O–H groups in total. The number of phenolic OH excluding ortho intramolecular Hbond substituents is 1. The van der Waals surface area contributed by atoms with Gasteiger partial charge < -0.3 is 19.3 Å². The minimum atomic E-state index is -0.550. The van der Waals surface area contributed by atoms with Crippen LogP contribution in [0.1, 0.15) is 46.8 Å². The summed E-state index contributed by atoms with van der Waals surface area (Å²) >= 11 is 0. The van der Waals surface area contributed by atoms with Crippen LogP contribution in [0.25, 0.3) is 0 Å². The normalized spacial score (nSPS) is 17.8. The van der Waals surface area contributed by atoms with Crippen LogP contribution in [0.5, 0.6) is 11.5 Å². The first-order chi connectivity index (χ1) is 12.3. The van der Waals surface area contributed by atoms with E-state index in [9.17, 15) is 19.5 Å². The number of ether oxygens (including phenoxy) is 3. The van der Waals surface area contributed by atoms with Gasteiger partial charge in [-0.15, -0.1) is 0 Å². The lowest BCUT2D eigenvalue weighted by atomic mass is 9.89. The van der Waals surface area contributed by atoms with Crippen LogP contribution in [0.4, 0.5) is 0 Å². The van der Waals surface area contributed by atoms with Crippen LogP contribution in [0.2, 0.25) is 0 Å². The monoisotopic (exact) mass is 360 g/mol. The summed E-state index contributed by atoms with van der Waals surface area (Å²) in [5.41, 5.74) is 2.89. The van der Waals surface area contributed by atoms with Crippen LogP contribution < -0.4 is 4.74 Å². The third-order valence-corrected chi connectivity index (χ3v) is 4.97. The fourth-order valence-corrected chi connectivity index (χ4v) is 3.46. The topological polar surface area (TPSA) is 99.1 Å². The van der Waals surface area contributed by atoms with Crippen molar-refractivity contribution in [1.82, 2.24) is 0 Å². The van der Waals surface area contributed by atoms with E-state index in [2.05, 4.69) is 4.74 Å². The van der Waals surface area contributed by atoms with Gasteiger partial charge in [0, 0.05) is 17.0 Å². The smallest absolute Gasteiger partial charge is 0.342 e. The highest BCUT2D eigenvalue weighted by molar-refractivity contribution is 5.98. The van der Waals surface area contributed by atoms with E-state index in [4.69, 9.17) is 9.47 Å². The Balaban J connectivity index is 1.94. The number of phenols is 1.